The van der Waals surface area contributed by atoms with Crippen molar-refractivity contribution in [3.63, 3.8) is 0 Å². The van der Waals surface area contributed by atoms with Crippen LogP contribution in [0.1, 0.15) is 12.8 Å². The predicted octanol–water partition coefficient (Wildman–Crippen LogP) is 3.76. The Morgan fingerprint density at radius 2 is 2.00 bits per heavy atom. The first-order chi connectivity index (χ1) is 9.10. The van der Waals surface area contributed by atoms with Gasteiger partial charge in [-0.15, -0.1) is 0 Å². The van der Waals surface area contributed by atoms with Gasteiger partial charge < -0.3 is 10.2 Å². The van der Waals surface area contributed by atoms with Gasteiger partial charge >= 0.3 is 6.03 Å². The van der Waals surface area contributed by atoms with Crippen LogP contribution in [0.25, 0.3) is 0 Å². The third-order valence-electron chi connectivity index (χ3n) is 3.14. The SMILES string of the molecule is N#CC1CCN(C(=O)Nc2ccc(Cl)c(Cl)c2)CC1. The Labute approximate surface area is 121 Å². The Balaban J connectivity index is 1.94. The molecule has 19 heavy (non-hydrogen) atoms. The van der Waals surface area contributed by atoms with E-state index in [9.17, 15) is 4.79 Å². The van der Waals surface area contributed by atoms with Gasteiger partial charge in [-0.05, 0) is 31.0 Å². The molecule has 1 aromatic carbocycles. The molecule has 1 aliphatic heterocycles. The summed E-state index contributed by atoms with van der Waals surface area (Å²) >= 11 is 11.7. The molecule has 6 heteroatoms. The lowest BCUT2D eigenvalue weighted by Crippen LogP contribution is -2.40. The maximum atomic E-state index is 12.0. The van der Waals surface area contributed by atoms with Crippen LogP contribution in [0.4, 0.5) is 10.5 Å². The summed E-state index contributed by atoms with van der Waals surface area (Å²) in [6, 6.07) is 7.02. The molecule has 1 heterocycles. The van der Waals surface area contributed by atoms with Gasteiger partial charge in [0, 0.05) is 24.7 Å². The molecule has 0 atom stereocenters. The van der Waals surface area contributed by atoms with Crippen molar-refractivity contribution in [2.24, 2.45) is 5.92 Å². The highest BCUT2D eigenvalue weighted by atomic mass is 35.5. The fraction of sp³-hybridized carbons (Fsp3) is 0.385. The van der Waals surface area contributed by atoms with Gasteiger partial charge in [-0.25, -0.2) is 4.79 Å². The monoisotopic (exact) mass is 297 g/mol. The number of piperidine rings is 1. The largest absolute Gasteiger partial charge is 0.324 e. The smallest absolute Gasteiger partial charge is 0.321 e. The number of rotatable bonds is 1. The number of halogens is 2. The summed E-state index contributed by atoms with van der Waals surface area (Å²) in [5, 5.41) is 12.4. The number of likely N-dealkylation sites (tertiary alicyclic amines) is 1. The molecule has 1 aromatic rings. The molecule has 2 rings (SSSR count). The van der Waals surface area contributed by atoms with Gasteiger partial charge in [-0.3, -0.25) is 0 Å². The van der Waals surface area contributed by atoms with Crippen molar-refractivity contribution < 1.29 is 4.79 Å². The van der Waals surface area contributed by atoms with Crippen LogP contribution in [-0.4, -0.2) is 24.0 Å². The van der Waals surface area contributed by atoms with E-state index >= 15 is 0 Å². The minimum Gasteiger partial charge on any atom is -0.324 e. The Morgan fingerprint density at radius 1 is 1.32 bits per heavy atom. The van der Waals surface area contributed by atoms with Gasteiger partial charge in [0.1, 0.15) is 0 Å². The molecule has 4 nitrogen and oxygen atoms in total. The molecule has 0 aromatic heterocycles. The normalized spacial score (nSPS) is 15.9. The van der Waals surface area contributed by atoms with Crippen LogP contribution in [0.15, 0.2) is 18.2 Å². The van der Waals surface area contributed by atoms with Crippen molar-refractivity contribution in [2.45, 2.75) is 12.8 Å². The van der Waals surface area contributed by atoms with Gasteiger partial charge in [0.05, 0.1) is 16.1 Å². The van der Waals surface area contributed by atoms with Gasteiger partial charge in [-0.2, -0.15) is 5.26 Å². The molecule has 0 saturated carbocycles. The first-order valence-corrected chi connectivity index (χ1v) is 6.76. The molecule has 1 N–H and O–H groups in total. The van der Waals surface area contributed by atoms with Crippen molar-refractivity contribution in [1.29, 1.82) is 5.26 Å². The summed E-state index contributed by atoms with van der Waals surface area (Å²) in [5.41, 5.74) is 0.613. The number of hydrogen-bond acceptors (Lipinski definition) is 2. The number of nitriles is 1. The van der Waals surface area contributed by atoms with Gasteiger partial charge in [0.15, 0.2) is 0 Å². The maximum absolute atomic E-state index is 12.0. The fourth-order valence-corrected chi connectivity index (χ4v) is 2.29. The molecule has 100 valence electrons. The average molecular weight is 298 g/mol. The van der Waals surface area contributed by atoms with E-state index in [1.807, 2.05) is 0 Å². The Hall–Kier alpha value is -1.44. The zero-order chi connectivity index (χ0) is 13.8. The van der Waals surface area contributed by atoms with E-state index in [1.54, 1.807) is 23.1 Å². The number of hydrogen-bond donors (Lipinski definition) is 1. The molecule has 0 unspecified atom stereocenters. The number of urea groups is 1. The van der Waals surface area contributed by atoms with Crippen molar-refractivity contribution in [3.8, 4) is 6.07 Å². The molecular formula is C13H13Cl2N3O. The first kappa shape index (κ1) is 14.0. The standard InChI is InChI=1S/C13H13Cl2N3O/c14-11-2-1-10(7-12(11)15)17-13(19)18-5-3-9(8-16)4-6-18/h1-2,7,9H,3-6H2,(H,17,19). The molecule has 1 aliphatic rings. The van der Waals surface area contributed by atoms with Gasteiger partial charge in [0.25, 0.3) is 0 Å². The highest BCUT2D eigenvalue weighted by Crippen LogP contribution is 2.25. The zero-order valence-electron chi connectivity index (χ0n) is 10.2. The van der Waals surface area contributed by atoms with E-state index in [0.717, 1.165) is 12.8 Å². The first-order valence-electron chi connectivity index (χ1n) is 6.00. The minimum atomic E-state index is -0.172. The molecule has 0 aliphatic carbocycles. The van der Waals surface area contributed by atoms with E-state index in [4.69, 9.17) is 28.5 Å². The summed E-state index contributed by atoms with van der Waals surface area (Å²) < 4.78 is 0. The second-order valence-electron chi connectivity index (χ2n) is 4.45. The predicted molar refractivity (Wildman–Crippen MR) is 75.4 cm³/mol. The van der Waals surface area contributed by atoms with Crippen LogP contribution in [0.5, 0.6) is 0 Å². The van der Waals surface area contributed by atoms with E-state index in [1.165, 1.54) is 0 Å². The zero-order valence-corrected chi connectivity index (χ0v) is 11.7. The summed E-state index contributed by atoms with van der Waals surface area (Å²) in [7, 11) is 0. The topological polar surface area (TPSA) is 56.1 Å². The summed E-state index contributed by atoms with van der Waals surface area (Å²) in [6.45, 7) is 1.21. The van der Waals surface area contributed by atoms with Crippen molar-refractivity contribution >= 4 is 34.9 Å². The summed E-state index contributed by atoms with van der Waals surface area (Å²) in [5.74, 6) is 0.0639. The van der Waals surface area contributed by atoms with Crippen LogP contribution in [0.2, 0.25) is 10.0 Å². The number of nitrogens with zero attached hydrogens (tertiary/aromatic N) is 2. The van der Waals surface area contributed by atoms with E-state index in [0.29, 0.717) is 28.8 Å². The van der Waals surface area contributed by atoms with Crippen molar-refractivity contribution in [2.75, 3.05) is 18.4 Å². The minimum absolute atomic E-state index is 0.0639. The number of amides is 2. The van der Waals surface area contributed by atoms with Crippen molar-refractivity contribution in [3.05, 3.63) is 28.2 Å². The van der Waals surface area contributed by atoms with E-state index in [2.05, 4.69) is 11.4 Å². The summed E-state index contributed by atoms with van der Waals surface area (Å²) in [4.78, 5) is 13.7. The van der Waals surface area contributed by atoms with Crippen LogP contribution >= 0.6 is 23.2 Å². The Morgan fingerprint density at radius 3 is 2.58 bits per heavy atom. The average Bonchev–Trinajstić information content (AvgIpc) is 2.43. The van der Waals surface area contributed by atoms with E-state index in [-0.39, 0.29) is 11.9 Å². The number of benzene rings is 1. The molecule has 1 fully saturated rings. The third kappa shape index (κ3) is 3.52. The molecular weight excluding hydrogens is 285 g/mol. The second kappa shape index (κ2) is 6.14. The number of carbonyl (C=O) groups is 1. The maximum Gasteiger partial charge on any atom is 0.321 e. The molecule has 0 bridgehead atoms. The highest BCUT2D eigenvalue weighted by molar-refractivity contribution is 6.42. The van der Waals surface area contributed by atoms with Crippen LogP contribution in [0.3, 0.4) is 0 Å². The van der Waals surface area contributed by atoms with Crippen molar-refractivity contribution in [1.82, 2.24) is 4.90 Å². The van der Waals surface area contributed by atoms with Gasteiger partial charge in [-0.1, -0.05) is 23.2 Å². The third-order valence-corrected chi connectivity index (χ3v) is 3.87. The van der Waals surface area contributed by atoms with Crippen LogP contribution in [0, 0.1) is 17.2 Å². The lowest BCUT2D eigenvalue weighted by molar-refractivity contribution is 0.192. The Kier molecular flexibility index (Phi) is 4.52. The van der Waals surface area contributed by atoms with Crippen LogP contribution < -0.4 is 5.32 Å². The highest BCUT2D eigenvalue weighted by Gasteiger charge is 2.22. The van der Waals surface area contributed by atoms with Gasteiger partial charge in [0.2, 0.25) is 0 Å². The quantitative estimate of drug-likeness (QED) is 0.858. The second-order valence-corrected chi connectivity index (χ2v) is 5.26. The lowest BCUT2D eigenvalue weighted by Gasteiger charge is -2.29. The number of anilines is 1. The molecule has 0 spiro atoms. The Bertz CT molecular complexity index is 519. The van der Waals surface area contributed by atoms with Crippen LogP contribution in [-0.2, 0) is 0 Å². The van der Waals surface area contributed by atoms with E-state index < -0.39 is 0 Å². The molecule has 1 saturated heterocycles. The number of carbonyl (C=O) groups excluding carboxylic acids is 1. The fourth-order valence-electron chi connectivity index (χ4n) is 1.99. The molecule has 2 amide bonds. The molecule has 0 radical (unpaired) electrons. The number of nitrogens with one attached hydrogen (secondary N) is 1. The lowest BCUT2D eigenvalue weighted by atomic mass is 9.99. The summed E-state index contributed by atoms with van der Waals surface area (Å²) in [6.07, 6.45) is 1.45.